The van der Waals surface area contributed by atoms with Crippen molar-refractivity contribution >= 4 is 23.0 Å². The van der Waals surface area contributed by atoms with Crippen molar-refractivity contribution in [3.63, 3.8) is 0 Å². The minimum absolute atomic E-state index is 0.318. The van der Waals surface area contributed by atoms with E-state index in [4.69, 9.17) is 5.21 Å². The van der Waals surface area contributed by atoms with Gasteiger partial charge in [-0.2, -0.15) is 0 Å². The van der Waals surface area contributed by atoms with Gasteiger partial charge in [-0.3, -0.25) is 10.7 Å². The SMILES string of the molecule is ONC1=Nc2ccccc2Nc2ncncc21. The molecule has 1 aromatic heterocycles. The van der Waals surface area contributed by atoms with Crippen LogP contribution in [0.4, 0.5) is 17.2 Å². The van der Waals surface area contributed by atoms with Crippen molar-refractivity contribution in [3.05, 3.63) is 42.4 Å². The third-order valence-electron chi connectivity index (χ3n) is 2.46. The molecule has 1 aromatic carbocycles. The number of amidine groups is 1. The zero-order valence-corrected chi connectivity index (χ0v) is 8.75. The maximum atomic E-state index is 9.12. The van der Waals surface area contributed by atoms with Gasteiger partial charge in [-0.05, 0) is 12.1 Å². The molecule has 0 bridgehead atoms. The number of nitrogens with one attached hydrogen (secondary N) is 2. The Hall–Kier alpha value is -2.47. The molecule has 6 heteroatoms. The average molecular weight is 227 g/mol. The first-order chi connectivity index (χ1) is 8.38. The highest BCUT2D eigenvalue weighted by atomic mass is 16.5. The van der Waals surface area contributed by atoms with E-state index < -0.39 is 0 Å². The molecule has 0 aliphatic carbocycles. The van der Waals surface area contributed by atoms with Gasteiger partial charge in [0.1, 0.15) is 12.1 Å². The number of fused-ring (bicyclic) bond motifs is 2. The van der Waals surface area contributed by atoms with Gasteiger partial charge in [-0.1, -0.05) is 12.1 Å². The van der Waals surface area contributed by atoms with Crippen molar-refractivity contribution in [2.24, 2.45) is 4.99 Å². The van der Waals surface area contributed by atoms with Crippen molar-refractivity contribution < 1.29 is 5.21 Å². The Bertz CT molecular complexity index is 596. The number of hydrogen-bond donors (Lipinski definition) is 3. The van der Waals surface area contributed by atoms with E-state index in [-0.39, 0.29) is 0 Å². The first-order valence-corrected chi connectivity index (χ1v) is 5.04. The molecule has 1 aliphatic rings. The monoisotopic (exact) mass is 227 g/mol. The number of aliphatic imine (C=N–C) groups is 1. The van der Waals surface area contributed by atoms with Crippen LogP contribution in [0.5, 0.6) is 0 Å². The molecule has 0 saturated heterocycles. The molecule has 17 heavy (non-hydrogen) atoms. The molecule has 0 amide bonds. The van der Waals surface area contributed by atoms with Gasteiger partial charge < -0.3 is 5.32 Å². The molecule has 3 rings (SSSR count). The third-order valence-corrected chi connectivity index (χ3v) is 2.46. The van der Waals surface area contributed by atoms with Crippen LogP contribution in [-0.4, -0.2) is 21.0 Å². The number of rotatable bonds is 0. The lowest BCUT2D eigenvalue weighted by atomic mass is 10.2. The van der Waals surface area contributed by atoms with E-state index in [2.05, 4.69) is 25.8 Å². The zero-order valence-electron chi connectivity index (χ0n) is 8.75. The van der Waals surface area contributed by atoms with Crippen molar-refractivity contribution in [3.8, 4) is 0 Å². The van der Waals surface area contributed by atoms with Crippen LogP contribution in [0.3, 0.4) is 0 Å². The predicted octanol–water partition coefficient (Wildman–Crippen LogP) is 1.59. The van der Waals surface area contributed by atoms with Crippen LogP contribution in [0.2, 0.25) is 0 Å². The Labute approximate surface area is 97.0 Å². The minimum atomic E-state index is 0.318. The Morgan fingerprint density at radius 2 is 2.12 bits per heavy atom. The van der Waals surface area contributed by atoms with Gasteiger partial charge in [0.25, 0.3) is 0 Å². The van der Waals surface area contributed by atoms with Gasteiger partial charge in [0, 0.05) is 6.20 Å². The Morgan fingerprint density at radius 3 is 3.00 bits per heavy atom. The maximum absolute atomic E-state index is 9.12. The number of para-hydroxylation sites is 2. The average Bonchev–Trinajstić information content (AvgIpc) is 2.54. The summed E-state index contributed by atoms with van der Waals surface area (Å²) in [5.41, 5.74) is 4.24. The van der Waals surface area contributed by atoms with E-state index in [0.717, 1.165) is 11.4 Å². The summed E-state index contributed by atoms with van der Waals surface area (Å²) >= 11 is 0. The van der Waals surface area contributed by atoms with Crippen LogP contribution in [0.25, 0.3) is 0 Å². The number of nitrogens with zero attached hydrogens (tertiary/aromatic N) is 3. The van der Waals surface area contributed by atoms with Gasteiger partial charge in [-0.25, -0.2) is 15.0 Å². The molecule has 6 nitrogen and oxygen atoms in total. The van der Waals surface area contributed by atoms with Gasteiger partial charge in [0.05, 0.1) is 16.9 Å². The van der Waals surface area contributed by atoms with E-state index in [1.54, 1.807) is 6.20 Å². The fourth-order valence-electron chi connectivity index (χ4n) is 1.67. The summed E-state index contributed by atoms with van der Waals surface area (Å²) in [7, 11) is 0. The maximum Gasteiger partial charge on any atom is 0.162 e. The summed E-state index contributed by atoms with van der Waals surface area (Å²) in [5, 5.41) is 12.3. The standard InChI is InChI=1S/C11H9N5O/c17-16-11-7-5-12-6-13-10(7)14-8-3-1-2-4-9(8)15-11/h1-6,17H,(H,15,16)(H,12,13,14). The Balaban J connectivity index is 2.24. The molecule has 84 valence electrons. The highest BCUT2D eigenvalue weighted by Gasteiger charge is 2.16. The van der Waals surface area contributed by atoms with Crippen molar-refractivity contribution in [2.45, 2.75) is 0 Å². The van der Waals surface area contributed by atoms with E-state index in [1.165, 1.54) is 6.33 Å². The molecule has 0 saturated carbocycles. The number of aromatic nitrogens is 2. The molecule has 0 unspecified atom stereocenters. The largest absolute Gasteiger partial charge is 0.338 e. The highest BCUT2D eigenvalue weighted by molar-refractivity contribution is 6.05. The molecule has 0 radical (unpaired) electrons. The first-order valence-electron chi connectivity index (χ1n) is 5.04. The van der Waals surface area contributed by atoms with Gasteiger partial charge in [-0.15, -0.1) is 0 Å². The van der Waals surface area contributed by atoms with Crippen LogP contribution < -0.4 is 10.8 Å². The lowest BCUT2D eigenvalue weighted by Gasteiger charge is -2.06. The minimum Gasteiger partial charge on any atom is -0.338 e. The van der Waals surface area contributed by atoms with Crippen molar-refractivity contribution in [2.75, 3.05) is 5.32 Å². The van der Waals surface area contributed by atoms with Crippen LogP contribution in [0, 0.1) is 0 Å². The summed E-state index contributed by atoms with van der Waals surface area (Å²) in [6.07, 6.45) is 3.03. The molecule has 2 heterocycles. The van der Waals surface area contributed by atoms with E-state index in [1.807, 2.05) is 24.3 Å². The second kappa shape index (κ2) is 3.84. The highest BCUT2D eigenvalue weighted by Crippen LogP contribution is 2.31. The lowest BCUT2D eigenvalue weighted by molar-refractivity contribution is 0.235. The molecular weight excluding hydrogens is 218 g/mol. The zero-order chi connectivity index (χ0) is 11.7. The fraction of sp³-hybridized carbons (Fsp3) is 0. The number of anilines is 2. The second-order valence-electron chi connectivity index (χ2n) is 3.50. The molecular formula is C11H9N5O. The quantitative estimate of drug-likeness (QED) is 0.595. The van der Waals surface area contributed by atoms with E-state index >= 15 is 0 Å². The van der Waals surface area contributed by atoms with Gasteiger partial charge in [0.2, 0.25) is 0 Å². The fourth-order valence-corrected chi connectivity index (χ4v) is 1.67. The predicted molar refractivity (Wildman–Crippen MR) is 62.9 cm³/mol. The van der Waals surface area contributed by atoms with Crippen LogP contribution in [-0.2, 0) is 0 Å². The number of hydrogen-bond acceptors (Lipinski definition) is 6. The third kappa shape index (κ3) is 1.60. The lowest BCUT2D eigenvalue weighted by Crippen LogP contribution is -2.20. The van der Waals surface area contributed by atoms with Crippen LogP contribution in [0.1, 0.15) is 5.56 Å². The normalized spacial score (nSPS) is 12.6. The van der Waals surface area contributed by atoms with Crippen LogP contribution >= 0.6 is 0 Å². The summed E-state index contributed by atoms with van der Waals surface area (Å²) in [6.45, 7) is 0. The van der Waals surface area contributed by atoms with Crippen molar-refractivity contribution in [1.29, 1.82) is 0 Å². The van der Waals surface area contributed by atoms with Gasteiger partial charge in [0.15, 0.2) is 5.84 Å². The second-order valence-corrected chi connectivity index (χ2v) is 3.50. The van der Waals surface area contributed by atoms with E-state index in [9.17, 15) is 0 Å². The molecule has 0 atom stereocenters. The Kier molecular flexibility index (Phi) is 2.20. The van der Waals surface area contributed by atoms with Crippen LogP contribution in [0.15, 0.2) is 41.8 Å². The van der Waals surface area contributed by atoms with Crippen molar-refractivity contribution in [1.82, 2.24) is 15.4 Å². The molecule has 0 fully saturated rings. The smallest absolute Gasteiger partial charge is 0.162 e. The first kappa shape index (κ1) is 9.73. The number of benzene rings is 1. The topological polar surface area (TPSA) is 82.4 Å². The molecule has 0 spiro atoms. The summed E-state index contributed by atoms with van der Waals surface area (Å²) in [4.78, 5) is 12.4. The molecule has 3 N–H and O–H groups in total. The summed E-state index contributed by atoms with van der Waals surface area (Å²) in [6, 6.07) is 7.52. The van der Waals surface area contributed by atoms with E-state index in [0.29, 0.717) is 17.2 Å². The Morgan fingerprint density at radius 1 is 1.24 bits per heavy atom. The van der Waals surface area contributed by atoms with Gasteiger partial charge >= 0.3 is 0 Å². The molecule has 1 aliphatic heterocycles. The number of hydroxylamine groups is 1. The summed E-state index contributed by atoms with van der Waals surface area (Å²) in [5.74, 6) is 0.920. The molecule has 2 aromatic rings. The summed E-state index contributed by atoms with van der Waals surface area (Å²) < 4.78 is 0.